The van der Waals surface area contributed by atoms with Gasteiger partial charge in [0.1, 0.15) is 0 Å². The molecule has 0 aliphatic heterocycles. The summed E-state index contributed by atoms with van der Waals surface area (Å²) in [6.07, 6.45) is 0.0249. The molecule has 0 atom stereocenters. The maximum absolute atomic E-state index is 6.49. The van der Waals surface area contributed by atoms with Crippen LogP contribution in [0.15, 0.2) is 42.5 Å². The lowest BCUT2D eigenvalue weighted by atomic mass is 10.2. The first-order valence-corrected chi connectivity index (χ1v) is 9.86. The summed E-state index contributed by atoms with van der Waals surface area (Å²) in [5.74, 6) is 2.00. The average Bonchev–Trinajstić information content (AvgIpc) is 3.04. The van der Waals surface area contributed by atoms with Crippen molar-refractivity contribution in [3.8, 4) is 22.9 Å². The fraction of sp³-hybridized carbons (Fsp3) is 0.300. The van der Waals surface area contributed by atoms with E-state index in [1.807, 2.05) is 57.2 Å². The van der Waals surface area contributed by atoms with Crippen LogP contribution in [-0.2, 0) is 6.54 Å². The summed E-state index contributed by atoms with van der Waals surface area (Å²) in [5, 5.41) is 7.73. The van der Waals surface area contributed by atoms with Crippen molar-refractivity contribution >= 4 is 23.8 Å². The SMILES string of the molecule is CCOc1cc(CNn2c(-c3ccccc3)n[nH]c2=S)c(Cl)cc1OC(C)C. The first-order chi connectivity index (χ1) is 13.5. The van der Waals surface area contributed by atoms with Gasteiger partial charge in [-0.15, -0.1) is 0 Å². The topological polar surface area (TPSA) is 64.1 Å². The van der Waals surface area contributed by atoms with Crippen LogP contribution in [0.2, 0.25) is 5.02 Å². The zero-order valence-electron chi connectivity index (χ0n) is 16.0. The highest BCUT2D eigenvalue weighted by Crippen LogP contribution is 2.34. The van der Waals surface area contributed by atoms with Crippen LogP contribution in [-0.4, -0.2) is 27.6 Å². The molecule has 0 aliphatic carbocycles. The standard InChI is InChI=1S/C20H23ClN4O2S/c1-4-26-17-10-15(16(21)11-18(17)27-13(2)3)12-22-25-19(23-24-20(25)28)14-8-6-5-7-9-14/h5-11,13,22H,4,12H2,1-3H3,(H,24,28). The molecule has 0 radical (unpaired) electrons. The quantitative estimate of drug-likeness (QED) is 0.493. The Morgan fingerprint density at radius 2 is 1.96 bits per heavy atom. The van der Waals surface area contributed by atoms with Gasteiger partial charge in [0.15, 0.2) is 17.3 Å². The predicted octanol–water partition coefficient (Wildman–Crippen LogP) is 5.19. The Bertz CT molecular complexity index is 986. The number of rotatable bonds is 8. The maximum atomic E-state index is 6.49. The van der Waals surface area contributed by atoms with Crippen LogP contribution in [0, 0.1) is 4.77 Å². The van der Waals surface area contributed by atoms with Crippen molar-refractivity contribution in [1.82, 2.24) is 14.9 Å². The third kappa shape index (κ3) is 4.66. The van der Waals surface area contributed by atoms with Crippen molar-refractivity contribution in [2.45, 2.75) is 33.4 Å². The van der Waals surface area contributed by atoms with Gasteiger partial charge in [0.25, 0.3) is 0 Å². The molecule has 0 saturated heterocycles. The maximum Gasteiger partial charge on any atom is 0.214 e. The molecule has 1 aromatic heterocycles. The molecule has 0 aliphatic rings. The highest BCUT2D eigenvalue weighted by Gasteiger charge is 2.14. The minimum Gasteiger partial charge on any atom is -0.490 e. The third-order valence-corrected chi connectivity index (χ3v) is 4.53. The summed E-state index contributed by atoms with van der Waals surface area (Å²) >= 11 is 11.8. The summed E-state index contributed by atoms with van der Waals surface area (Å²) in [5.41, 5.74) is 5.10. The highest BCUT2D eigenvalue weighted by atomic mass is 35.5. The summed E-state index contributed by atoms with van der Waals surface area (Å²) in [4.78, 5) is 0. The number of halogens is 1. The van der Waals surface area contributed by atoms with E-state index in [9.17, 15) is 0 Å². The fourth-order valence-corrected chi connectivity index (χ4v) is 3.13. The van der Waals surface area contributed by atoms with Crippen LogP contribution in [0.1, 0.15) is 26.3 Å². The number of benzene rings is 2. The smallest absolute Gasteiger partial charge is 0.214 e. The van der Waals surface area contributed by atoms with E-state index in [0.29, 0.717) is 40.3 Å². The number of nitrogens with zero attached hydrogens (tertiary/aromatic N) is 2. The molecule has 6 nitrogen and oxygen atoms in total. The van der Waals surface area contributed by atoms with E-state index in [4.69, 9.17) is 33.3 Å². The largest absolute Gasteiger partial charge is 0.490 e. The molecule has 0 saturated carbocycles. The van der Waals surface area contributed by atoms with Gasteiger partial charge in [-0.2, -0.15) is 5.10 Å². The Kier molecular flexibility index (Phi) is 6.59. The van der Waals surface area contributed by atoms with Crippen LogP contribution >= 0.6 is 23.8 Å². The number of nitrogens with one attached hydrogen (secondary N) is 2. The van der Waals surface area contributed by atoms with Gasteiger partial charge in [-0.05, 0) is 44.6 Å². The van der Waals surface area contributed by atoms with Gasteiger partial charge in [-0.25, -0.2) is 9.77 Å². The number of hydrogen-bond acceptors (Lipinski definition) is 5. The van der Waals surface area contributed by atoms with Gasteiger partial charge in [-0.1, -0.05) is 41.9 Å². The Morgan fingerprint density at radius 1 is 1.21 bits per heavy atom. The van der Waals surface area contributed by atoms with E-state index in [2.05, 4.69) is 15.6 Å². The van der Waals surface area contributed by atoms with Gasteiger partial charge >= 0.3 is 0 Å². The molecule has 3 rings (SSSR count). The van der Waals surface area contributed by atoms with Crippen molar-refractivity contribution in [1.29, 1.82) is 0 Å². The number of aromatic amines is 1. The van der Waals surface area contributed by atoms with Crippen molar-refractivity contribution in [3.63, 3.8) is 0 Å². The van der Waals surface area contributed by atoms with Crippen LogP contribution in [0.3, 0.4) is 0 Å². The Labute approximate surface area is 174 Å². The molecule has 0 bridgehead atoms. The van der Waals surface area contributed by atoms with Crippen LogP contribution in [0.25, 0.3) is 11.4 Å². The molecule has 28 heavy (non-hydrogen) atoms. The van der Waals surface area contributed by atoms with E-state index in [1.165, 1.54) is 0 Å². The Morgan fingerprint density at radius 3 is 2.64 bits per heavy atom. The summed E-state index contributed by atoms with van der Waals surface area (Å²) in [6, 6.07) is 13.5. The molecule has 1 heterocycles. The molecular weight excluding hydrogens is 396 g/mol. The van der Waals surface area contributed by atoms with Crippen LogP contribution in [0.5, 0.6) is 11.5 Å². The van der Waals surface area contributed by atoms with E-state index >= 15 is 0 Å². The number of H-pyrrole nitrogens is 1. The molecule has 148 valence electrons. The molecule has 2 aromatic carbocycles. The van der Waals surface area contributed by atoms with Crippen molar-refractivity contribution < 1.29 is 9.47 Å². The molecule has 8 heteroatoms. The minimum atomic E-state index is 0.0249. The molecule has 0 amide bonds. The van der Waals surface area contributed by atoms with E-state index in [1.54, 1.807) is 10.7 Å². The summed E-state index contributed by atoms with van der Waals surface area (Å²) in [7, 11) is 0. The normalized spacial score (nSPS) is 10.9. The first kappa shape index (κ1) is 20.2. The fourth-order valence-electron chi connectivity index (χ4n) is 2.72. The van der Waals surface area contributed by atoms with Gasteiger partial charge in [0.2, 0.25) is 4.77 Å². The van der Waals surface area contributed by atoms with Crippen molar-refractivity contribution in [2.24, 2.45) is 0 Å². The Hall–Kier alpha value is -2.51. The van der Waals surface area contributed by atoms with Crippen LogP contribution < -0.4 is 14.9 Å². The molecule has 0 fully saturated rings. The lowest BCUT2D eigenvalue weighted by Crippen LogP contribution is -2.16. The van der Waals surface area contributed by atoms with Gasteiger partial charge in [0.05, 0.1) is 19.3 Å². The van der Waals surface area contributed by atoms with E-state index < -0.39 is 0 Å². The zero-order chi connectivity index (χ0) is 20.1. The minimum absolute atomic E-state index is 0.0249. The second-order valence-electron chi connectivity index (χ2n) is 6.38. The average molecular weight is 419 g/mol. The number of ether oxygens (including phenoxy) is 2. The van der Waals surface area contributed by atoms with E-state index in [0.717, 1.165) is 11.1 Å². The van der Waals surface area contributed by atoms with Crippen molar-refractivity contribution in [3.05, 3.63) is 57.8 Å². The zero-order valence-corrected chi connectivity index (χ0v) is 17.6. The highest BCUT2D eigenvalue weighted by molar-refractivity contribution is 7.71. The summed E-state index contributed by atoms with van der Waals surface area (Å²) in [6.45, 7) is 6.83. The Balaban J connectivity index is 1.86. The second-order valence-corrected chi connectivity index (χ2v) is 7.17. The summed E-state index contributed by atoms with van der Waals surface area (Å²) < 4.78 is 13.8. The number of hydrogen-bond donors (Lipinski definition) is 2. The molecule has 0 spiro atoms. The van der Waals surface area contributed by atoms with Gasteiger partial charge in [-0.3, -0.25) is 0 Å². The molecule has 0 unspecified atom stereocenters. The molecule has 2 N–H and O–H groups in total. The molecule has 3 aromatic rings. The third-order valence-electron chi connectivity index (χ3n) is 3.91. The van der Waals surface area contributed by atoms with Crippen LogP contribution in [0.4, 0.5) is 0 Å². The second kappa shape index (κ2) is 9.12. The van der Waals surface area contributed by atoms with Gasteiger partial charge < -0.3 is 14.9 Å². The first-order valence-electron chi connectivity index (χ1n) is 9.08. The van der Waals surface area contributed by atoms with Gasteiger partial charge in [0, 0.05) is 16.7 Å². The number of aromatic nitrogens is 3. The predicted molar refractivity (Wildman–Crippen MR) is 114 cm³/mol. The van der Waals surface area contributed by atoms with E-state index in [-0.39, 0.29) is 6.10 Å². The lowest BCUT2D eigenvalue weighted by molar-refractivity contribution is 0.223. The van der Waals surface area contributed by atoms with Crippen molar-refractivity contribution in [2.75, 3.05) is 12.0 Å². The monoisotopic (exact) mass is 418 g/mol. The lowest BCUT2D eigenvalue weighted by Gasteiger charge is -2.17. The molecular formula is C20H23ClN4O2S.